The standard InChI is InChI=1S/C23H24FNO4/c1-2-29-22(28)23(13-15-6-4-3-5-7-15)14-17-9-11-20(23)25(17)21(27)16-8-10-19(26)18(24)12-16/h3-8,10,12,17,20,26H,2,9,11,13-14H2,1H3/t17-,20+,23+/m1/s1. The van der Waals surface area contributed by atoms with E-state index in [2.05, 4.69) is 0 Å². The Kier molecular flexibility index (Phi) is 5.03. The van der Waals surface area contributed by atoms with Gasteiger partial charge in [-0.1, -0.05) is 30.3 Å². The van der Waals surface area contributed by atoms with Crippen molar-refractivity contribution in [1.82, 2.24) is 4.90 Å². The van der Waals surface area contributed by atoms with Crippen molar-refractivity contribution in [3.8, 4) is 5.75 Å². The van der Waals surface area contributed by atoms with Crippen LogP contribution < -0.4 is 0 Å². The van der Waals surface area contributed by atoms with Crippen molar-refractivity contribution >= 4 is 11.9 Å². The number of amides is 1. The van der Waals surface area contributed by atoms with Crippen LogP contribution in [0.4, 0.5) is 4.39 Å². The van der Waals surface area contributed by atoms with Crippen LogP contribution in [0.1, 0.15) is 42.1 Å². The molecule has 152 valence electrons. The molecule has 0 unspecified atom stereocenters. The molecule has 2 heterocycles. The van der Waals surface area contributed by atoms with E-state index >= 15 is 0 Å². The maximum Gasteiger partial charge on any atom is 0.314 e. The number of phenolic OH excluding ortho intramolecular Hbond substituents is 1. The van der Waals surface area contributed by atoms with Crippen molar-refractivity contribution in [3.05, 3.63) is 65.5 Å². The second-order valence-corrected chi connectivity index (χ2v) is 7.87. The van der Waals surface area contributed by atoms with Gasteiger partial charge in [-0.05, 0) is 56.4 Å². The molecule has 1 N–H and O–H groups in total. The summed E-state index contributed by atoms with van der Waals surface area (Å²) in [5.41, 5.74) is 0.401. The van der Waals surface area contributed by atoms with Crippen LogP contribution in [0.2, 0.25) is 0 Å². The number of hydrogen-bond acceptors (Lipinski definition) is 4. The Morgan fingerprint density at radius 2 is 1.97 bits per heavy atom. The highest BCUT2D eigenvalue weighted by atomic mass is 19.1. The van der Waals surface area contributed by atoms with Gasteiger partial charge in [-0.3, -0.25) is 9.59 Å². The first-order valence-corrected chi connectivity index (χ1v) is 9.98. The fourth-order valence-corrected chi connectivity index (χ4v) is 5.00. The molecular formula is C23H24FNO4. The van der Waals surface area contributed by atoms with Crippen LogP contribution in [0.15, 0.2) is 48.5 Å². The van der Waals surface area contributed by atoms with Gasteiger partial charge in [0.25, 0.3) is 5.91 Å². The Bertz CT molecular complexity index is 932. The quantitative estimate of drug-likeness (QED) is 0.782. The third-order valence-electron chi connectivity index (χ3n) is 6.21. The average Bonchev–Trinajstić information content (AvgIpc) is 3.27. The van der Waals surface area contributed by atoms with Gasteiger partial charge in [-0.25, -0.2) is 4.39 Å². The number of aromatic hydroxyl groups is 1. The molecule has 0 spiro atoms. The molecule has 29 heavy (non-hydrogen) atoms. The number of ether oxygens (including phenoxy) is 1. The molecule has 2 saturated heterocycles. The molecule has 0 radical (unpaired) electrons. The third-order valence-corrected chi connectivity index (χ3v) is 6.21. The molecule has 0 aromatic heterocycles. The van der Waals surface area contributed by atoms with Crippen molar-refractivity contribution in [2.24, 2.45) is 5.41 Å². The number of fused-ring (bicyclic) bond motifs is 2. The summed E-state index contributed by atoms with van der Waals surface area (Å²) in [6.07, 6.45) is 2.56. The van der Waals surface area contributed by atoms with Crippen molar-refractivity contribution in [2.75, 3.05) is 6.61 Å². The van der Waals surface area contributed by atoms with E-state index in [0.717, 1.165) is 18.1 Å². The summed E-state index contributed by atoms with van der Waals surface area (Å²) in [5.74, 6) is -1.90. The van der Waals surface area contributed by atoms with Gasteiger partial charge in [0.1, 0.15) is 0 Å². The molecule has 5 nitrogen and oxygen atoms in total. The lowest BCUT2D eigenvalue weighted by atomic mass is 9.70. The fourth-order valence-electron chi connectivity index (χ4n) is 5.00. The van der Waals surface area contributed by atoms with Crippen LogP contribution in [0.5, 0.6) is 5.75 Å². The van der Waals surface area contributed by atoms with Crippen LogP contribution in [0, 0.1) is 11.2 Å². The highest BCUT2D eigenvalue weighted by Crippen LogP contribution is 2.52. The summed E-state index contributed by atoms with van der Waals surface area (Å²) in [6.45, 7) is 2.06. The SMILES string of the molecule is CCOC(=O)[C@@]1(Cc2ccccc2)C[C@H]2CC[C@@H]1N2C(=O)c1ccc(O)c(F)c1. The molecule has 2 aromatic carbocycles. The molecule has 2 aromatic rings. The molecule has 6 heteroatoms. The summed E-state index contributed by atoms with van der Waals surface area (Å²) in [6, 6.07) is 13.0. The summed E-state index contributed by atoms with van der Waals surface area (Å²) in [7, 11) is 0. The molecule has 0 aliphatic carbocycles. The molecule has 2 bridgehead atoms. The number of rotatable bonds is 5. The summed E-state index contributed by atoms with van der Waals surface area (Å²) >= 11 is 0. The van der Waals surface area contributed by atoms with Crippen molar-refractivity contribution in [1.29, 1.82) is 0 Å². The first-order valence-electron chi connectivity index (χ1n) is 9.98. The van der Waals surface area contributed by atoms with Gasteiger partial charge < -0.3 is 14.7 Å². The molecule has 3 atom stereocenters. The van der Waals surface area contributed by atoms with Crippen molar-refractivity contribution < 1.29 is 23.8 Å². The van der Waals surface area contributed by atoms with E-state index in [0.29, 0.717) is 19.3 Å². The van der Waals surface area contributed by atoms with E-state index in [4.69, 9.17) is 4.74 Å². The van der Waals surface area contributed by atoms with Crippen LogP contribution in [-0.4, -0.2) is 40.6 Å². The summed E-state index contributed by atoms with van der Waals surface area (Å²) in [4.78, 5) is 28.1. The Balaban J connectivity index is 1.69. The van der Waals surface area contributed by atoms with Gasteiger partial charge in [-0.15, -0.1) is 0 Å². The lowest BCUT2D eigenvalue weighted by molar-refractivity contribution is -0.157. The minimum atomic E-state index is -0.830. The zero-order valence-corrected chi connectivity index (χ0v) is 16.3. The largest absolute Gasteiger partial charge is 0.505 e. The average molecular weight is 397 g/mol. The van der Waals surface area contributed by atoms with E-state index in [9.17, 15) is 19.1 Å². The predicted octanol–water partition coefficient (Wildman–Crippen LogP) is 3.70. The maximum atomic E-state index is 13.8. The minimum absolute atomic E-state index is 0.0857. The summed E-state index contributed by atoms with van der Waals surface area (Å²) in [5, 5.41) is 9.43. The van der Waals surface area contributed by atoms with Gasteiger partial charge in [-0.2, -0.15) is 0 Å². The minimum Gasteiger partial charge on any atom is -0.505 e. The van der Waals surface area contributed by atoms with Gasteiger partial charge in [0.15, 0.2) is 11.6 Å². The van der Waals surface area contributed by atoms with E-state index in [1.807, 2.05) is 30.3 Å². The molecule has 1 amide bonds. The number of carbonyl (C=O) groups excluding carboxylic acids is 2. The third kappa shape index (κ3) is 3.26. The second kappa shape index (κ2) is 7.50. The van der Waals surface area contributed by atoms with Crippen LogP contribution in [0.25, 0.3) is 0 Å². The Hall–Kier alpha value is -2.89. The Morgan fingerprint density at radius 3 is 2.66 bits per heavy atom. The first-order chi connectivity index (χ1) is 14.0. The predicted molar refractivity (Wildman–Crippen MR) is 105 cm³/mol. The number of phenols is 1. The first kappa shape index (κ1) is 19.4. The Labute approximate surface area is 169 Å². The number of carbonyl (C=O) groups is 2. The molecular weight excluding hydrogens is 373 g/mol. The van der Waals surface area contributed by atoms with Crippen LogP contribution in [0.3, 0.4) is 0 Å². The smallest absolute Gasteiger partial charge is 0.314 e. The van der Waals surface area contributed by atoms with Crippen molar-refractivity contribution in [3.63, 3.8) is 0 Å². The molecule has 2 fully saturated rings. The Morgan fingerprint density at radius 1 is 1.21 bits per heavy atom. The number of benzene rings is 2. The van der Waals surface area contributed by atoms with Gasteiger partial charge in [0.05, 0.1) is 12.0 Å². The highest BCUT2D eigenvalue weighted by molar-refractivity contribution is 5.96. The molecule has 2 aliphatic heterocycles. The van der Waals surface area contributed by atoms with E-state index in [1.54, 1.807) is 11.8 Å². The lowest BCUT2D eigenvalue weighted by Gasteiger charge is -2.35. The lowest BCUT2D eigenvalue weighted by Crippen LogP contribution is -2.47. The van der Waals surface area contributed by atoms with Gasteiger partial charge >= 0.3 is 5.97 Å². The highest BCUT2D eigenvalue weighted by Gasteiger charge is 2.62. The molecule has 0 saturated carbocycles. The molecule has 2 aliphatic rings. The van der Waals surface area contributed by atoms with E-state index < -0.39 is 17.0 Å². The normalized spacial score (nSPS) is 25.2. The number of halogens is 1. The van der Waals surface area contributed by atoms with E-state index in [1.165, 1.54) is 12.1 Å². The zero-order valence-electron chi connectivity index (χ0n) is 16.3. The van der Waals surface area contributed by atoms with Crippen molar-refractivity contribution in [2.45, 2.75) is 44.7 Å². The second-order valence-electron chi connectivity index (χ2n) is 7.87. The van der Waals surface area contributed by atoms with Gasteiger partial charge in [0, 0.05) is 17.6 Å². The van der Waals surface area contributed by atoms with Crippen LogP contribution in [-0.2, 0) is 16.0 Å². The number of nitrogens with zero attached hydrogens (tertiary/aromatic N) is 1. The summed E-state index contributed by atoms with van der Waals surface area (Å²) < 4.78 is 19.3. The van der Waals surface area contributed by atoms with Crippen LogP contribution >= 0.6 is 0 Å². The molecule has 4 rings (SSSR count). The topological polar surface area (TPSA) is 66.8 Å². The number of esters is 1. The maximum absolute atomic E-state index is 13.8. The van der Waals surface area contributed by atoms with Gasteiger partial charge in [0.2, 0.25) is 0 Å². The van der Waals surface area contributed by atoms with E-state index in [-0.39, 0.29) is 36.1 Å². The monoisotopic (exact) mass is 397 g/mol. The fraction of sp³-hybridized carbons (Fsp3) is 0.391. The number of hydrogen-bond donors (Lipinski definition) is 1. The zero-order chi connectivity index (χ0) is 20.6.